The van der Waals surface area contributed by atoms with Gasteiger partial charge < -0.3 is 14.3 Å². The van der Waals surface area contributed by atoms with Crippen LogP contribution in [0.25, 0.3) is 0 Å². The second kappa shape index (κ2) is 7.02. The van der Waals surface area contributed by atoms with Crippen LogP contribution in [0.15, 0.2) is 12.2 Å². The second-order valence-corrected chi connectivity index (χ2v) is 11.6. The van der Waals surface area contributed by atoms with Crippen LogP contribution in [0.2, 0.25) is 18.1 Å². The molecule has 0 aliphatic carbocycles. The fourth-order valence-electron chi connectivity index (χ4n) is 2.03. The molecule has 0 spiro atoms. The summed E-state index contributed by atoms with van der Waals surface area (Å²) in [6, 6.07) is 0. The minimum absolute atomic E-state index is 0.0977. The standard InChI is InChI=1S/C15H30O3Si/c1-15(2,3)19(4,5)18-14-10-8-12-17-13(14)9-6-7-11-16/h6-7,13-14,16H,8-12H2,1-5H3/b7-6+/t13-,14+/m1/s1. The van der Waals surface area contributed by atoms with Crippen LogP contribution < -0.4 is 0 Å². The van der Waals surface area contributed by atoms with Gasteiger partial charge in [-0.25, -0.2) is 0 Å². The summed E-state index contributed by atoms with van der Waals surface area (Å²) < 4.78 is 12.4. The highest BCUT2D eigenvalue weighted by Crippen LogP contribution is 2.39. The highest BCUT2D eigenvalue weighted by Gasteiger charge is 2.41. The smallest absolute Gasteiger partial charge is 0.192 e. The molecule has 0 unspecified atom stereocenters. The number of aliphatic hydroxyl groups is 1. The van der Waals surface area contributed by atoms with Gasteiger partial charge >= 0.3 is 0 Å². The Hall–Kier alpha value is -0.163. The van der Waals surface area contributed by atoms with Crippen LogP contribution in [0.1, 0.15) is 40.0 Å². The molecule has 1 heterocycles. The molecule has 1 rings (SSSR count). The summed E-state index contributed by atoms with van der Waals surface area (Å²) in [4.78, 5) is 0. The molecular formula is C15H30O3Si. The number of hydrogen-bond acceptors (Lipinski definition) is 3. The maximum absolute atomic E-state index is 8.80. The lowest BCUT2D eigenvalue weighted by atomic mass is 10.0. The maximum atomic E-state index is 8.80. The van der Waals surface area contributed by atoms with Crippen molar-refractivity contribution in [3.8, 4) is 0 Å². The van der Waals surface area contributed by atoms with Gasteiger partial charge in [-0.1, -0.05) is 32.9 Å². The quantitative estimate of drug-likeness (QED) is 0.621. The first-order chi connectivity index (χ1) is 8.78. The zero-order chi connectivity index (χ0) is 14.5. The van der Waals surface area contributed by atoms with E-state index in [4.69, 9.17) is 14.3 Å². The molecule has 2 atom stereocenters. The van der Waals surface area contributed by atoms with E-state index < -0.39 is 8.32 Å². The third-order valence-electron chi connectivity index (χ3n) is 4.27. The molecule has 4 heteroatoms. The van der Waals surface area contributed by atoms with Gasteiger partial charge in [0.15, 0.2) is 8.32 Å². The normalized spacial score (nSPS) is 26.0. The SMILES string of the molecule is CC(C)(C)[Si](C)(C)O[C@H]1CCCO[C@@H]1C/C=C/CO. The third-order valence-corrected chi connectivity index (χ3v) is 8.78. The van der Waals surface area contributed by atoms with E-state index in [1.165, 1.54) is 0 Å². The Morgan fingerprint density at radius 1 is 1.32 bits per heavy atom. The highest BCUT2D eigenvalue weighted by molar-refractivity contribution is 6.74. The average Bonchev–Trinajstić information content (AvgIpc) is 2.30. The molecular weight excluding hydrogens is 256 g/mol. The van der Waals surface area contributed by atoms with E-state index in [1.807, 2.05) is 6.08 Å². The predicted molar refractivity (Wildman–Crippen MR) is 81.9 cm³/mol. The monoisotopic (exact) mass is 286 g/mol. The fraction of sp³-hybridized carbons (Fsp3) is 0.867. The molecule has 0 saturated carbocycles. The van der Waals surface area contributed by atoms with Crippen molar-refractivity contribution in [1.82, 2.24) is 0 Å². The molecule has 3 nitrogen and oxygen atoms in total. The minimum Gasteiger partial charge on any atom is -0.411 e. The summed E-state index contributed by atoms with van der Waals surface area (Å²) in [5.41, 5.74) is 0. The average molecular weight is 286 g/mol. The molecule has 19 heavy (non-hydrogen) atoms. The van der Waals surface area contributed by atoms with Gasteiger partial charge in [-0.05, 0) is 37.4 Å². The van der Waals surface area contributed by atoms with E-state index in [0.717, 1.165) is 25.9 Å². The van der Waals surface area contributed by atoms with E-state index in [-0.39, 0.29) is 23.9 Å². The van der Waals surface area contributed by atoms with Gasteiger partial charge in [-0.15, -0.1) is 0 Å². The van der Waals surface area contributed by atoms with Crippen molar-refractivity contribution >= 4 is 8.32 Å². The molecule has 112 valence electrons. The van der Waals surface area contributed by atoms with E-state index in [1.54, 1.807) is 6.08 Å². The second-order valence-electron chi connectivity index (χ2n) is 6.86. The molecule has 0 radical (unpaired) electrons. The van der Waals surface area contributed by atoms with Crippen molar-refractivity contribution in [2.45, 2.75) is 70.4 Å². The summed E-state index contributed by atoms with van der Waals surface area (Å²) in [7, 11) is -1.74. The van der Waals surface area contributed by atoms with Gasteiger partial charge in [0.25, 0.3) is 0 Å². The minimum atomic E-state index is -1.74. The van der Waals surface area contributed by atoms with Crippen LogP contribution in [-0.2, 0) is 9.16 Å². The van der Waals surface area contributed by atoms with E-state index in [9.17, 15) is 0 Å². The van der Waals surface area contributed by atoms with Crippen molar-refractivity contribution in [3.63, 3.8) is 0 Å². The molecule has 1 aliphatic heterocycles. The number of rotatable bonds is 5. The van der Waals surface area contributed by atoms with Crippen LogP contribution in [0.5, 0.6) is 0 Å². The number of hydrogen-bond donors (Lipinski definition) is 1. The van der Waals surface area contributed by atoms with Crippen LogP contribution in [0.4, 0.5) is 0 Å². The van der Waals surface area contributed by atoms with Crippen molar-refractivity contribution in [1.29, 1.82) is 0 Å². The zero-order valence-electron chi connectivity index (χ0n) is 13.1. The Kier molecular flexibility index (Phi) is 6.24. The molecule has 0 aromatic carbocycles. The van der Waals surface area contributed by atoms with Crippen molar-refractivity contribution in [3.05, 3.63) is 12.2 Å². The number of ether oxygens (including phenoxy) is 1. The van der Waals surface area contributed by atoms with Crippen molar-refractivity contribution in [2.24, 2.45) is 0 Å². The number of aliphatic hydroxyl groups excluding tert-OH is 1. The van der Waals surface area contributed by atoms with Gasteiger partial charge in [-0.3, -0.25) is 0 Å². The summed E-state index contributed by atoms with van der Waals surface area (Å²) in [5, 5.41) is 9.03. The molecule has 0 amide bonds. The maximum Gasteiger partial charge on any atom is 0.192 e. The van der Waals surface area contributed by atoms with Crippen molar-refractivity contribution in [2.75, 3.05) is 13.2 Å². The Morgan fingerprint density at radius 2 is 2.00 bits per heavy atom. The van der Waals surface area contributed by atoms with E-state index >= 15 is 0 Å². The summed E-state index contributed by atoms with van der Waals surface area (Å²) in [6.45, 7) is 12.3. The summed E-state index contributed by atoms with van der Waals surface area (Å²) in [5.74, 6) is 0. The van der Waals surface area contributed by atoms with Gasteiger partial charge in [0.2, 0.25) is 0 Å². The van der Waals surface area contributed by atoms with Crippen LogP contribution in [0, 0.1) is 0 Å². The Labute approximate surface area is 119 Å². The Bertz CT molecular complexity index is 294. The zero-order valence-corrected chi connectivity index (χ0v) is 14.1. The predicted octanol–water partition coefficient (Wildman–Crippen LogP) is 3.49. The van der Waals surface area contributed by atoms with Gasteiger partial charge in [0.1, 0.15) is 0 Å². The molecule has 0 bridgehead atoms. The largest absolute Gasteiger partial charge is 0.411 e. The van der Waals surface area contributed by atoms with Gasteiger partial charge in [0.05, 0.1) is 18.8 Å². The lowest BCUT2D eigenvalue weighted by Gasteiger charge is -2.42. The molecule has 1 N–H and O–H groups in total. The van der Waals surface area contributed by atoms with Crippen LogP contribution >= 0.6 is 0 Å². The van der Waals surface area contributed by atoms with Crippen molar-refractivity contribution < 1.29 is 14.3 Å². The Balaban J connectivity index is 2.64. The van der Waals surface area contributed by atoms with Crippen LogP contribution in [0.3, 0.4) is 0 Å². The summed E-state index contributed by atoms with van der Waals surface area (Å²) >= 11 is 0. The molecule has 1 saturated heterocycles. The summed E-state index contributed by atoms with van der Waals surface area (Å²) in [6.07, 6.45) is 7.13. The first-order valence-corrected chi connectivity index (χ1v) is 10.2. The lowest BCUT2D eigenvalue weighted by Crippen LogP contribution is -2.48. The van der Waals surface area contributed by atoms with Gasteiger partial charge in [-0.2, -0.15) is 0 Å². The first-order valence-electron chi connectivity index (χ1n) is 7.33. The third kappa shape index (κ3) is 5.03. The molecule has 1 aliphatic rings. The first kappa shape index (κ1) is 16.9. The van der Waals surface area contributed by atoms with E-state index in [2.05, 4.69) is 33.9 Å². The molecule has 0 aromatic rings. The molecule has 1 fully saturated rings. The topological polar surface area (TPSA) is 38.7 Å². The highest BCUT2D eigenvalue weighted by atomic mass is 28.4. The lowest BCUT2D eigenvalue weighted by molar-refractivity contribution is -0.0653. The van der Waals surface area contributed by atoms with E-state index in [0.29, 0.717) is 0 Å². The fourth-order valence-corrected chi connectivity index (χ4v) is 3.41. The molecule has 0 aromatic heterocycles. The van der Waals surface area contributed by atoms with Crippen LogP contribution in [-0.4, -0.2) is 38.8 Å². The Morgan fingerprint density at radius 3 is 2.58 bits per heavy atom. The van der Waals surface area contributed by atoms with Gasteiger partial charge in [0, 0.05) is 6.61 Å².